The third-order valence-electron chi connectivity index (χ3n) is 3.90. The van der Waals surface area contributed by atoms with Gasteiger partial charge >= 0.3 is 0 Å². The fourth-order valence-corrected chi connectivity index (χ4v) is 2.57. The fourth-order valence-electron chi connectivity index (χ4n) is 2.57. The lowest BCUT2D eigenvalue weighted by atomic mass is 9.83. The number of nitrogens with zero attached hydrogens (tertiary/aromatic N) is 3. The molecular weight excluding hydrogens is 230 g/mol. The molecule has 1 rings (SSSR count). The summed E-state index contributed by atoms with van der Waals surface area (Å²) < 4.78 is 0. The number of hydrogen-bond donors (Lipinski definition) is 2. The maximum absolute atomic E-state index is 11.8. The Morgan fingerprint density at radius 3 is 2.72 bits per heavy atom. The zero-order valence-corrected chi connectivity index (χ0v) is 11.3. The predicted octanol–water partition coefficient (Wildman–Crippen LogP) is 2.10. The van der Waals surface area contributed by atoms with Crippen molar-refractivity contribution in [2.75, 3.05) is 13.1 Å². The topological polar surface area (TPSA) is 104 Å². The normalized spacial score (nSPS) is 27.0. The second kappa shape index (κ2) is 6.07. The van der Waals surface area contributed by atoms with Gasteiger partial charge in [-0.15, -0.1) is 0 Å². The van der Waals surface area contributed by atoms with Gasteiger partial charge in [0.15, 0.2) is 0 Å². The van der Waals surface area contributed by atoms with E-state index < -0.39 is 5.54 Å². The van der Waals surface area contributed by atoms with Crippen molar-refractivity contribution in [3.63, 3.8) is 0 Å². The zero-order chi connectivity index (χ0) is 13.6. The molecule has 1 saturated carbocycles. The van der Waals surface area contributed by atoms with Gasteiger partial charge in [0, 0.05) is 18.0 Å². The van der Waals surface area contributed by atoms with Crippen LogP contribution < -0.4 is 11.1 Å². The van der Waals surface area contributed by atoms with Gasteiger partial charge < -0.3 is 11.1 Å². The van der Waals surface area contributed by atoms with Gasteiger partial charge in [-0.05, 0) is 36.6 Å². The van der Waals surface area contributed by atoms with Crippen molar-refractivity contribution >= 4 is 5.91 Å². The molecule has 1 fully saturated rings. The first-order valence-electron chi connectivity index (χ1n) is 6.48. The molecule has 0 bridgehead atoms. The summed E-state index contributed by atoms with van der Waals surface area (Å²) in [6.07, 6.45) is 4.60. The SMILES string of the molecule is CC1(C)CCCC(NCCN=[N+]=[N-])(C(N)=O)CC1. The summed E-state index contributed by atoms with van der Waals surface area (Å²) in [7, 11) is 0. The predicted molar refractivity (Wildman–Crippen MR) is 70.8 cm³/mol. The second-order valence-electron chi connectivity index (χ2n) is 5.85. The Morgan fingerprint density at radius 2 is 2.11 bits per heavy atom. The third-order valence-corrected chi connectivity index (χ3v) is 3.90. The molecule has 0 aromatic heterocycles. The zero-order valence-electron chi connectivity index (χ0n) is 11.3. The first-order valence-corrected chi connectivity index (χ1v) is 6.48. The summed E-state index contributed by atoms with van der Waals surface area (Å²) in [5, 5.41) is 6.67. The maximum atomic E-state index is 11.8. The largest absolute Gasteiger partial charge is 0.368 e. The smallest absolute Gasteiger partial charge is 0.237 e. The Balaban J connectivity index is 2.68. The minimum atomic E-state index is -0.626. The molecule has 102 valence electrons. The molecule has 0 heterocycles. The summed E-state index contributed by atoms with van der Waals surface area (Å²) in [6, 6.07) is 0. The number of carbonyl (C=O) groups is 1. The highest BCUT2D eigenvalue weighted by atomic mass is 16.1. The van der Waals surface area contributed by atoms with Gasteiger partial charge in [-0.2, -0.15) is 0 Å². The van der Waals surface area contributed by atoms with Crippen LogP contribution in [0, 0.1) is 5.41 Å². The van der Waals surface area contributed by atoms with Crippen molar-refractivity contribution < 1.29 is 4.79 Å². The van der Waals surface area contributed by atoms with Crippen LogP contribution in [0.5, 0.6) is 0 Å². The lowest BCUT2D eigenvalue weighted by Crippen LogP contribution is -2.55. The average molecular weight is 253 g/mol. The van der Waals surface area contributed by atoms with Gasteiger partial charge in [-0.25, -0.2) is 0 Å². The number of rotatable bonds is 5. The molecule has 0 saturated heterocycles. The molecule has 0 aliphatic heterocycles. The Morgan fingerprint density at radius 1 is 1.39 bits per heavy atom. The molecular formula is C12H23N5O. The van der Waals surface area contributed by atoms with E-state index in [1.165, 1.54) is 0 Å². The summed E-state index contributed by atoms with van der Waals surface area (Å²) in [6.45, 7) is 5.29. The van der Waals surface area contributed by atoms with Crippen molar-refractivity contribution in [1.82, 2.24) is 5.32 Å². The molecule has 1 unspecified atom stereocenters. The van der Waals surface area contributed by atoms with Crippen molar-refractivity contribution in [2.24, 2.45) is 16.3 Å². The lowest BCUT2D eigenvalue weighted by Gasteiger charge is -2.31. The highest BCUT2D eigenvalue weighted by molar-refractivity contribution is 5.84. The first-order chi connectivity index (χ1) is 8.42. The number of primary amides is 1. The van der Waals surface area contributed by atoms with E-state index in [1.54, 1.807) is 0 Å². The van der Waals surface area contributed by atoms with Crippen LogP contribution >= 0.6 is 0 Å². The number of carbonyl (C=O) groups excluding carboxylic acids is 1. The van der Waals surface area contributed by atoms with Crippen LogP contribution in [0.3, 0.4) is 0 Å². The van der Waals surface area contributed by atoms with Crippen molar-refractivity contribution in [2.45, 2.75) is 51.5 Å². The molecule has 0 aromatic rings. The van der Waals surface area contributed by atoms with Gasteiger partial charge in [0.25, 0.3) is 0 Å². The lowest BCUT2D eigenvalue weighted by molar-refractivity contribution is -0.125. The van der Waals surface area contributed by atoms with Crippen LogP contribution in [0.15, 0.2) is 5.11 Å². The number of hydrogen-bond acceptors (Lipinski definition) is 3. The molecule has 0 aromatic carbocycles. The fraction of sp³-hybridized carbons (Fsp3) is 0.917. The average Bonchev–Trinajstić information content (AvgIpc) is 2.45. The summed E-state index contributed by atoms with van der Waals surface area (Å²) >= 11 is 0. The van der Waals surface area contributed by atoms with E-state index in [-0.39, 0.29) is 11.3 Å². The van der Waals surface area contributed by atoms with Crippen LogP contribution in [-0.4, -0.2) is 24.5 Å². The molecule has 6 nitrogen and oxygen atoms in total. The second-order valence-corrected chi connectivity index (χ2v) is 5.85. The minimum Gasteiger partial charge on any atom is -0.368 e. The molecule has 1 atom stereocenters. The number of amides is 1. The van der Waals surface area contributed by atoms with E-state index in [9.17, 15) is 4.79 Å². The number of nitrogens with two attached hydrogens (primary N) is 1. The Hall–Kier alpha value is -1.26. The summed E-state index contributed by atoms with van der Waals surface area (Å²) in [5.41, 5.74) is 13.4. The van der Waals surface area contributed by atoms with Gasteiger partial charge in [0.2, 0.25) is 5.91 Å². The van der Waals surface area contributed by atoms with Crippen LogP contribution in [0.25, 0.3) is 10.4 Å². The molecule has 0 radical (unpaired) electrons. The number of azide groups is 1. The highest BCUT2D eigenvalue weighted by Gasteiger charge is 2.39. The van der Waals surface area contributed by atoms with Gasteiger partial charge in [-0.1, -0.05) is 25.4 Å². The minimum absolute atomic E-state index is 0.268. The quantitative estimate of drug-likeness (QED) is 0.257. The van der Waals surface area contributed by atoms with Crippen LogP contribution in [0.4, 0.5) is 0 Å². The van der Waals surface area contributed by atoms with Crippen molar-refractivity contribution in [1.29, 1.82) is 0 Å². The number of nitrogens with one attached hydrogen (secondary N) is 1. The Labute approximate surface area is 108 Å². The molecule has 3 N–H and O–H groups in total. The molecule has 1 aliphatic carbocycles. The third kappa shape index (κ3) is 3.89. The Bertz CT molecular complexity index is 348. The van der Waals surface area contributed by atoms with Crippen LogP contribution in [0.1, 0.15) is 46.0 Å². The van der Waals surface area contributed by atoms with Crippen molar-refractivity contribution in [3.05, 3.63) is 10.4 Å². The highest BCUT2D eigenvalue weighted by Crippen LogP contribution is 2.37. The van der Waals surface area contributed by atoms with Gasteiger partial charge in [0.05, 0.1) is 5.54 Å². The summed E-state index contributed by atoms with van der Waals surface area (Å²) in [4.78, 5) is 14.5. The molecule has 18 heavy (non-hydrogen) atoms. The Kier molecular flexibility index (Phi) is 4.99. The van der Waals surface area contributed by atoms with E-state index in [1.807, 2.05) is 0 Å². The van der Waals surface area contributed by atoms with E-state index in [0.717, 1.165) is 32.1 Å². The van der Waals surface area contributed by atoms with E-state index in [0.29, 0.717) is 13.1 Å². The molecule has 1 aliphatic rings. The standard InChI is InChI=1S/C12H23N5O/c1-11(2)4-3-5-12(7-6-11,10(13)18)15-8-9-16-17-14/h15H,3-9H2,1-2H3,(H2,13,18). The van der Waals surface area contributed by atoms with Crippen LogP contribution in [-0.2, 0) is 4.79 Å². The van der Waals surface area contributed by atoms with E-state index in [4.69, 9.17) is 11.3 Å². The first kappa shape index (κ1) is 14.8. The monoisotopic (exact) mass is 253 g/mol. The summed E-state index contributed by atoms with van der Waals surface area (Å²) in [5.74, 6) is -0.291. The maximum Gasteiger partial charge on any atom is 0.237 e. The molecule has 1 amide bonds. The van der Waals surface area contributed by atoms with Crippen molar-refractivity contribution in [3.8, 4) is 0 Å². The van der Waals surface area contributed by atoms with E-state index in [2.05, 4.69) is 29.2 Å². The van der Waals surface area contributed by atoms with E-state index >= 15 is 0 Å². The van der Waals surface area contributed by atoms with Gasteiger partial charge in [-0.3, -0.25) is 4.79 Å². The van der Waals surface area contributed by atoms with Crippen LogP contribution in [0.2, 0.25) is 0 Å². The van der Waals surface area contributed by atoms with Gasteiger partial charge in [0.1, 0.15) is 0 Å². The molecule has 0 spiro atoms. The molecule has 6 heteroatoms.